The molecule has 2 aromatic heterocycles. The van der Waals surface area contributed by atoms with Crippen LogP contribution < -0.4 is 11.1 Å². The summed E-state index contributed by atoms with van der Waals surface area (Å²) in [4.78, 5) is 12.1. The molecule has 2 rings (SSSR count). The molecule has 7 heteroatoms. The number of nitrogens with two attached hydrogens (primary N) is 1. The van der Waals surface area contributed by atoms with Crippen molar-refractivity contribution >= 4 is 34.4 Å². The first-order valence-electron chi connectivity index (χ1n) is 4.57. The van der Waals surface area contributed by atoms with Crippen molar-refractivity contribution in [1.29, 1.82) is 0 Å². The minimum absolute atomic E-state index is 0.256. The molecule has 0 saturated carbocycles. The lowest BCUT2D eigenvalue weighted by atomic mass is 10.4. The van der Waals surface area contributed by atoms with E-state index in [-0.39, 0.29) is 5.15 Å². The van der Waals surface area contributed by atoms with Crippen molar-refractivity contribution < 1.29 is 0 Å². The van der Waals surface area contributed by atoms with Gasteiger partial charge in [0.2, 0.25) is 0 Å². The highest BCUT2D eigenvalue weighted by Crippen LogP contribution is 2.22. The summed E-state index contributed by atoms with van der Waals surface area (Å²) in [5.41, 5.74) is 7.03. The first-order chi connectivity index (χ1) is 7.66. The molecule has 0 unspecified atom stereocenters. The third-order valence-corrected chi connectivity index (χ3v) is 3.06. The van der Waals surface area contributed by atoms with Gasteiger partial charge in [-0.05, 0) is 6.92 Å². The molecule has 16 heavy (non-hydrogen) atoms. The molecule has 84 valence electrons. The lowest BCUT2D eigenvalue weighted by Gasteiger charge is -2.06. The number of rotatable bonds is 3. The summed E-state index contributed by atoms with van der Waals surface area (Å²) in [5, 5.41) is 6.34. The van der Waals surface area contributed by atoms with Gasteiger partial charge in [-0.25, -0.2) is 15.0 Å². The lowest BCUT2D eigenvalue weighted by Crippen LogP contribution is -2.05. The van der Waals surface area contributed by atoms with E-state index in [1.165, 1.54) is 6.33 Å². The van der Waals surface area contributed by atoms with E-state index in [0.29, 0.717) is 18.1 Å². The van der Waals surface area contributed by atoms with Crippen molar-refractivity contribution in [3.8, 4) is 0 Å². The van der Waals surface area contributed by atoms with E-state index in [1.807, 2.05) is 12.3 Å². The molecule has 0 aromatic carbocycles. The van der Waals surface area contributed by atoms with Crippen LogP contribution in [0.1, 0.15) is 10.7 Å². The smallest absolute Gasteiger partial charge is 0.157 e. The van der Waals surface area contributed by atoms with E-state index >= 15 is 0 Å². The molecule has 2 aromatic rings. The SMILES string of the molecule is Cc1nc(CNc2ncnc(Cl)c2N)cs1. The number of halogens is 1. The van der Waals surface area contributed by atoms with E-state index in [1.54, 1.807) is 11.3 Å². The predicted octanol–water partition coefficient (Wildman–Crippen LogP) is 2.09. The van der Waals surface area contributed by atoms with Crippen molar-refractivity contribution in [2.45, 2.75) is 13.5 Å². The Morgan fingerprint density at radius 3 is 3.00 bits per heavy atom. The topological polar surface area (TPSA) is 76.7 Å². The second-order valence-corrected chi connectivity index (χ2v) is 4.56. The number of aryl methyl sites for hydroxylation is 1. The third-order valence-electron chi connectivity index (χ3n) is 1.94. The summed E-state index contributed by atoms with van der Waals surface area (Å²) in [6.07, 6.45) is 1.37. The van der Waals surface area contributed by atoms with E-state index in [4.69, 9.17) is 17.3 Å². The predicted molar refractivity (Wildman–Crippen MR) is 65.6 cm³/mol. The molecule has 0 amide bonds. The summed E-state index contributed by atoms with van der Waals surface area (Å²) >= 11 is 7.38. The number of hydrogen-bond acceptors (Lipinski definition) is 6. The Hall–Kier alpha value is -1.40. The Morgan fingerprint density at radius 1 is 1.50 bits per heavy atom. The fourth-order valence-electron chi connectivity index (χ4n) is 1.18. The summed E-state index contributed by atoms with van der Waals surface area (Å²) in [6, 6.07) is 0. The molecule has 0 bridgehead atoms. The highest BCUT2D eigenvalue weighted by atomic mass is 35.5. The Labute approximate surface area is 102 Å². The highest BCUT2D eigenvalue weighted by Gasteiger charge is 2.06. The van der Waals surface area contributed by atoms with Crippen LogP contribution in [0.25, 0.3) is 0 Å². The molecule has 0 aliphatic carbocycles. The van der Waals surface area contributed by atoms with Gasteiger partial charge in [-0.2, -0.15) is 0 Å². The summed E-state index contributed by atoms with van der Waals surface area (Å²) in [6.45, 7) is 2.53. The minimum Gasteiger partial charge on any atom is -0.393 e. The zero-order valence-electron chi connectivity index (χ0n) is 8.57. The molecule has 0 spiro atoms. The zero-order chi connectivity index (χ0) is 11.5. The Morgan fingerprint density at radius 2 is 2.31 bits per heavy atom. The number of anilines is 2. The number of nitrogens with zero attached hydrogens (tertiary/aromatic N) is 3. The fraction of sp³-hybridized carbons (Fsp3) is 0.222. The third kappa shape index (κ3) is 2.40. The Kier molecular flexibility index (Phi) is 3.21. The van der Waals surface area contributed by atoms with Gasteiger partial charge >= 0.3 is 0 Å². The monoisotopic (exact) mass is 255 g/mol. The first kappa shape index (κ1) is 11.1. The second kappa shape index (κ2) is 4.63. The van der Waals surface area contributed by atoms with Crippen molar-refractivity contribution in [1.82, 2.24) is 15.0 Å². The zero-order valence-corrected chi connectivity index (χ0v) is 10.1. The summed E-state index contributed by atoms with van der Waals surface area (Å²) < 4.78 is 0. The maximum atomic E-state index is 5.77. The van der Waals surface area contributed by atoms with Crippen molar-refractivity contribution in [3.05, 3.63) is 27.6 Å². The standard InChI is InChI=1S/C9H10ClN5S/c1-5-15-6(3-16-5)2-12-9-7(11)8(10)13-4-14-9/h3-4H,2,11H2,1H3,(H,12,13,14). The van der Waals surface area contributed by atoms with Crippen molar-refractivity contribution in [3.63, 3.8) is 0 Å². The van der Waals surface area contributed by atoms with Gasteiger partial charge in [0.15, 0.2) is 11.0 Å². The molecule has 0 radical (unpaired) electrons. The van der Waals surface area contributed by atoms with Gasteiger partial charge in [0.25, 0.3) is 0 Å². The van der Waals surface area contributed by atoms with Gasteiger partial charge in [-0.1, -0.05) is 11.6 Å². The number of nitrogens with one attached hydrogen (secondary N) is 1. The maximum Gasteiger partial charge on any atom is 0.157 e. The molecular formula is C9H10ClN5S. The molecule has 5 nitrogen and oxygen atoms in total. The van der Waals surface area contributed by atoms with Crippen LogP contribution in [-0.2, 0) is 6.54 Å². The molecule has 3 N–H and O–H groups in total. The number of nitrogen functional groups attached to an aromatic ring is 1. The van der Waals surface area contributed by atoms with E-state index in [9.17, 15) is 0 Å². The van der Waals surface area contributed by atoms with Crippen LogP contribution in [0, 0.1) is 6.92 Å². The number of hydrogen-bond donors (Lipinski definition) is 2. The van der Waals surface area contributed by atoms with Crippen LogP contribution in [0.5, 0.6) is 0 Å². The molecule has 0 fully saturated rings. The first-order valence-corrected chi connectivity index (χ1v) is 5.83. The Bertz CT molecular complexity index is 498. The largest absolute Gasteiger partial charge is 0.393 e. The van der Waals surface area contributed by atoms with Gasteiger partial charge in [-0.15, -0.1) is 11.3 Å². The van der Waals surface area contributed by atoms with Gasteiger partial charge in [0.05, 0.1) is 17.2 Å². The molecule has 0 saturated heterocycles. The second-order valence-electron chi connectivity index (χ2n) is 3.14. The highest BCUT2D eigenvalue weighted by molar-refractivity contribution is 7.09. The summed E-state index contributed by atoms with van der Waals surface area (Å²) in [7, 11) is 0. The van der Waals surface area contributed by atoms with Crippen LogP contribution in [0.15, 0.2) is 11.7 Å². The van der Waals surface area contributed by atoms with E-state index in [2.05, 4.69) is 20.3 Å². The molecular weight excluding hydrogens is 246 g/mol. The van der Waals surface area contributed by atoms with E-state index < -0.39 is 0 Å². The minimum atomic E-state index is 0.256. The molecule has 0 aliphatic rings. The van der Waals surface area contributed by atoms with Crippen molar-refractivity contribution in [2.75, 3.05) is 11.1 Å². The molecule has 2 heterocycles. The van der Waals surface area contributed by atoms with Gasteiger partial charge in [0.1, 0.15) is 12.0 Å². The van der Waals surface area contributed by atoms with Crippen LogP contribution in [0.3, 0.4) is 0 Å². The van der Waals surface area contributed by atoms with Gasteiger partial charge in [-0.3, -0.25) is 0 Å². The summed E-state index contributed by atoms with van der Waals surface area (Å²) in [5.74, 6) is 0.533. The number of aromatic nitrogens is 3. The average Bonchev–Trinajstić information content (AvgIpc) is 2.67. The van der Waals surface area contributed by atoms with Crippen LogP contribution in [0.4, 0.5) is 11.5 Å². The van der Waals surface area contributed by atoms with Crippen LogP contribution >= 0.6 is 22.9 Å². The fourth-order valence-corrected chi connectivity index (χ4v) is 1.92. The Balaban J connectivity index is 2.07. The van der Waals surface area contributed by atoms with E-state index in [0.717, 1.165) is 10.7 Å². The average molecular weight is 256 g/mol. The molecule has 0 atom stereocenters. The maximum absolute atomic E-state index is 5.77. The molecule has 0 aliphatic heterocycles. The normalized spacial score (nSPS) is 10.4. The lowest BCUT2D eigenvalue weighted by molar-refractivity contribution is 1.03. The van der Waals surface area contributed by atoms with Gasteiger partial charge in [0, 0.05) is 5.38 Å². The number of thiazole rings is 1. The van der Waals surface area contributed by atoms with Crippen LogP contribution in [-0.4, -0.2) is 15.0 Å². The van der Waals surface area contributed by atoms with Crippen LogP contribution in [0.2, 0.25) is 5.15 Å². The van der Waals surface area contributed by atoms with Crippen molar-refractivity contribution in [2.24, 2.45) is 0 Å². The van der Waals surface area contributed by atoms with Gasteiger partial charge < -0.3 is 11.1 Å². The quantitative estimate of drug-likeness (QED) is 0.822.